The Bertz CT molecular complexity index is 2420. The van der Waals surface area contributed by atoms with Crippen LogP contribution in [0.2, 0.25) is 5.15 Å². The zero-order valence-electron chi connectivity index (χ0n) is 35.6. The van der Waals surface area contributed by atoms with Gasteiger partial charge in [-0.2, -0.15) is 0 Å². The number of methoxy groups -OCH3 is 2. The fraction of sp³-hybridized carbons (Fsp3) is 0.413. The lowest BCUT2D eigenvalue weighted by Gasteiger charge is -2.32. The lowest BCUT2D eigenvalue weighted by Crippen LogP contribution is -2.56. The Hall–Kier alpha value is -6.42. The van der Waals surface area contributed by atoms with Gasteiger partial charge in [0.1, 0.15) is 30.0 Å². The van der Waals surface area contributed by atoms with Gasteiger partial charge in [0.25, 0.3) is 0 Å². The minimum atomic E-state index is -0.857. The summed E-state index contributed by atoms with van der Waals surface area (Å²) >= 11 is 6.68. The highest BCUT2D eigenvalue weighted by atomic mass is 35.5. The SMILES string of the molecule is COC(=O)N[C@H]1CCc2cccc3c2N(C1=O)[C@H](C(=O)N1CCC[C@H]1C(=O)Nc1ccc(-c2ccc(-c4[nH]c([C@@H]5CCCN5C(=O)[C@@H](NC(=O)OC)C(C)C)nc4Cl)cc2)cc1)C3. The first-order valence-corrected chi connectivity index (χ1v) is 21.8. The number of hydrogen-bond donors (Lipinski definition) is 4. The van der Waals surface area contributed by atoms with Crippen molar-refractivity contribution in [2.24, 2.45) is 5.92 Å². The van der Waals surface area contributed by atoms with Crippen LogP contribution in [0, 0.1) is 5.92 Å². The molecule has 3 aromatic carbocycles. The van der Waals surface area contributed by atoms with Crippen molar-refractivity contribution >= 4 is 58.8 Å². The summed E-state index contributed by atoms with van der Waals surface area (Å²) in [5.41, 5.74) is 6.41. The van der Waals surface area contributed by atoms with Gasteiger partial charge < -0.3 is 40.2 Å². The number of anilines is 2. The van der Waals surface area contributed by atoms with E-state index in [0.717, 1.165) is 39.9 Å². The maximum atomic E-state index is 14.3. The molecule has 17 heteroatoms. The number of aryl methyl sites for hydroxylation is 1. The molecule has 2 saturated heterocycles. The first kappa shape index (κ1) is 43.2. The summed E-state index contributed by atoms with van der Waals surface area (Å²) in [5, 5.41) is 8.59. The van der Waals surface area contributed by atoms with Gasteiger partial charge in [-0.1, -0.05) is 80.0 Å². The van der Waals surface area contributed by atoms with Crippen LogP contribution in [0.4, 0.5) is 21.0 Å². The number of benzene rings is 3. The van der Waals surface area contributed by atoms with Crippen LogP contribution in [0.15, 0.2) is 66.7 Å². The lowest BCUT2D eigenvalue weighted by molar-refractivity contribution is -0.138. The van der Waals surface area contributed by atoms with Gasteiger partial charge in [0.2, 0.25) is 23.6 Å². The fourth-order valence-corrected chi connectivity index (χ4v) is 9.62. The number of imidazole rings is 1. The third kappa shape index (κ3) is 8.55. The minimum absolute atomic E-state index is 0.155. The van der Waals surface area contributed by atoms with E-state index in [-0.39, 0.29) is 40.7 Å². The van der Waals surface area contributed by atoms with Crippen molar-refractivity contribution in [2.45, 2.75) is 89.0 Å². The Morgan fingerprint density at radius 1 is 0.810 bits per heavy atom. The van der Waals surface area contributed by atoms with E-state index in [1.807, 2.05) is 80.6 Å². The number of carbonyl (C=O) groups is 6. The second-order valence-corrected chi connectivity index (χ2v) is 17.1. The molecule has 5 atom stereocenters. The number of nitrogens with zero attached hydrogens (tertiary/aromatic N) is 4. The van der Waals surface area contributed by atoms with Gasteiger partial charge in [-0.3, -0.25) is 24.1 Å². The molecule has 0 spiro atoms. The van der Waals surface area contributed by atoms with Crippen molar-refractivity contribution in [3.05, 3.63) is 88.8 Å². The van der Waals surface area contributed by atoms with Crippen LogP contribution in [0.25, 0.3) is 22.4 Å². The van der Waals surface area contributed by atoms with Gasteiger partial charge in [-0.25, -0.2) is 14.6 Å². The molecule has 63 heavy (non-hydrogen) atoms. The molecule has 4 aliphatic rings. The zero-order chi connectivity index (χ0) is 44.5. The van der Waals surface area contributed by atoms with Crippen molar-refractivity contribution in [3.63, 3.8) is 0 Å². The summed E-state index contributed by atoms with van der Waals surface area (Å²) in [4.78, 5) is 92.7. The number of likely N-dealkylation sites (tertiary alicyclic amines) is 2. The molecule has 0 saturated carbocycles. The molecule has 0 unspecified atom stereocenters. The predicted molar refractivity (Wildman–Crippen MR) is 235 cm³/mol. The van der Waals surface area contributed by atoms with E-state index in [2.05, 4.69) is 25.9 Å². The highest BCUT2D eigenvalue weighted by Gasteiger charge is 2.48. The smallest absolute Gasteiger partial charge is 0.407 e. The Balaban J connectivity index is 0.915. The third-order valence-electron chi connectivity index (χ3n) is 12.6. The van der Waals surface area contributed by atoms with Crippen LogP contribution in [0.3, 0.4) is 0 Å². The number of alkyl carbamates (subject to hydrolysis) is 2. The summed E-state index contributed by atoms with van der Waals surface area (Å²) in [7, 11) is 2.51. The van der Waals surface area contributed by atoms with Gasteiger partial charge in [-0.15, -0.1) is 0 Å². The third-order valence-corrected chi connectivity index (χ3v) is 12.9. The number of hydrogen-bond acceptors (Lipinski definition) is 9. The van der Waals surface area contributed by atoms with Crippen LogP contribution < -0.4 is 20.9 Å². The summed E-state index contributed by atoms with van der Waals surface area (Å²) < 4.78 is 9.52. The molecule has 5 heterocycles. The van der Waals surface area contributed by atoms with Crippen LogP contribution in [-0.4, -0.2) is 107 Å². The first-order valence-electron chi connectivity index (χ1n) is 21.4. The number of aromatic amines is 1. The number of halogens is 1. The molecule has 2 fully saturated rings. The zero-order valence-corrected chi connectivity index (χ0v) is 36.4. The summed E-state index contributed by atoms with van der Waals surface area (Å²) in [6.45, 7) is 4.65. The highest BCUT2D eigenvalue weighted by molar-refractivity contribution is 6.32. The molecule has 16 nitrogen and oxygen atoms in total. The molecule has 4 N–H and O–H groups in total. The molecule has 330 valence electrons. The molecule has 4 aliphatic heterocycles. The van der Waals surface area contributed by atoms with Gasteiger partial charge in [0, 0.05) is 30.8 Å². The van der Waals surface area contributed by atoms with E-state index in [4.69, 9.17) is 21.1 Å². The molecule has 1 aromatic heterocycles. The number of aromatic nitrogens is 2. The quantitative estimate of drug-likeness (QED) is 0.148. The number of ether oxygens (including phenoxy) is 2. The van der Waals surface area contributed by atoms with E-state index >= 15 is 0 Å². The highest BCUT2D eigenvalue weighted by Crippen LogP contribution is 2.41. The standard InChI is InChI=1S/C46H51ClN8O8/c1-25(2)36(51-46(61)63-4)44(59)53-22-6-10-33(53)40-50-37(39(47)52-40)28-14-12-26(13-15-28)27-16-19-31(20-17-27)48-41(56)34-11-7-23-54(34)43(58)35-24-30-9-5-8-29-18-21-32(49-45(60)62-3)42(57)55(35)38(29)30/h5,8-9,12-17,19-20,25,32-36H,6-7,10-11,18,21-24H2,1-4H3,(H,48,56)(H,49,60)(H,50,52)(H,51,61)/t32-,33-,34-,35-,36-/m0/s1. The number of amides is 6. The molecule has 6 amide bonds. The van der Waals surface area contributed by atoms with E-state index in [9.17, 15) is 28.8 Å². The maximum absolute atomic E-state index is 14.3. The Labute approximate surface area is 370 Å². The van der Waals surface area contributed by atoms with Gasteiger partial charge in [0.05, 0.1) is 31.6 Å². The number of nitrogens with one attached hydrogen (secondary N) is 4. The lowest BCUT2D eigenvalue weighted by atomic mass is 10.0. The van der Waals surface area contributed by atoms with Crippen molar-refractivity contribution in [2.75, 3.05) is 37.5 Å². The topological polar surface area (TPSA) is 195 Å². The van der Waals surface area contributed by atoms with E-state index in [1.165, 1.54) is 19.1 Å². The molecule has 8 rings (SSSR count). The van der Waals surface area contributed by atoms with Crippen molar-refractivity contribution < 1.29 is 38.2 Å². The average Bonchev–Trinajstić information content (AvgIpc) is 4.11. The van der Waals surface area contributed by atoms with Crippen molar-refractivity contribution in [1.29, 1.82) is 0 Å². The monoisotopic (exact) mass is 878 g/mol. The molecule has 0 radical (unpaired) electrons. The molecule has 0 bridgehead atoms. The summed E-state index contributed by atoms with van der Waals surface area (Å²) in [6, 6.07) is 17.6. The second-order valence-electron chi connectivity index (χ2n) is 16.7. The normalized spacial score (nSPS) is 20.9. The Morgan fingerprint density at radius 2 is 1.46 bits per heavy atom. The minimum Gasteiger partial charge on any atom is -0.453 e. The maximum Gasteiger partial charge on any atom is 0.407 e. The average molecular weight is 879 g/mol. The first-order chi connectivity index (χ1) is 30.4. The molecule has 4 aromatic rings. The fourth-order valence-electron chi connectivity index (χ4n) is 9.37. The van der Waals surface area contributed by atoms with Crippen LogP contribution >= 0.6 is 11.6 Å². The predicted octanol–water partition coefficient (Wildman–Crippen LogP) is 6.00. The molecular weight excluding hydrogens is 828 g/mol. The van der Waals surface area contributed by atoms with Crippen LogP contribution in [0.1, 0.15) is 68.9 Å². The van der Waals surface area contributed by atoms with Crippen molar-refractivity contribution in [1.82, 2.24) is 30.4 Å². The number of para-hydroxylation sites is 1. The summed E-state index contributed by atoms with van der Waals surface area (Å²) in [5.74, 6) is -0.756. The van der Waals surface area contributed by atoms with Crippen LogP contribution in [0.5, 0.6) is 0 Å². The Morgan fingerprint density at radius 3 is 2.16 bits per heavy atom. The van der Waals surface area contributed by atoms with Gasteiger partial charge >= 0.3 is 12.2 Å². The molecular formula is C46H51ClN8O8. The number of rotatable bonds is 10. The number of H-pyrrole nitrogens is 1. The van der Waals surface area contributed by atoms with E-state index in [0.29, 0.717) is 68.8 Å². The number of carbonyl (C=O) groups excluding carboxylic acids is 6. The second kappa shape index (κ2) is 18.1. The van der Waals surface area contributed by atoms with E-state index < -0.39 is 36.4 Å². The molecule has 0 aliphatic carbocycles. The van der Waals surface area contributed by atoms with Crippen LogP contribution in [-0.2, 0) is 41.5 Å². The largest absolute Gasteiger partial charge is 0.453 e. The Kier molecular flexibility index (Phi) is 12.4. The summed E-state index contributed by atoms with van der Waals surface area (Å²) in [6.07, 6.45) is 2.46. The van der Waals surface area contributed by atoms with Gasteiger partial charge in [-0.05, 0) is 78.8 Å². The van der Waals surface area contributed by atoms with Crippen molar-refractivity contribution in [3.8, 4) is 22.4 Å². The van der Waals surface area contributed by atoms with E-state index in [1.54, 1.807) is 9.80 Å². The van der Waals surface area contributed by atoms with Gasteiger partial charge in [0.15, 0.2) is 5.15 Å².